The van der Waals surface area contributed by atoms with Crippen LogP contribution in [0.5, 0.6) is 0 Å². The molecule has 14 heavy (non-hydrogen) atoms. The molecule has 4 heteroatoms. The molecule has 3 N–H and O–H groups in total. The Morgan fingerprint density at radius 3 is 3.07 bits per heavy atom. The van der Waals surface area contributed by atoms with Gasteiger partial charge in [-0.15, -0.1) is 0 Å². The first-order valence-electron chi connectivity index (χ1n) is 5.47. The molecule has 0 amide bonds. The summed E-state index contributed by atoms with van der Waals surface area (Å²) in [5, 5.41) is 9.36. The molecule has 2 atom stereocenters. The van der Waals surface area contributed by atoms with E-state index >= 15 is 0 Å². The second kappa shape index (κ2) is 6.35. The van der Waals surface area contributed by atoms with Crippen LogP contribution >= 0.6 is 0 Å². The van der Waals surface area contributed by atoms with Crippen molar-refractivity contribution < 1.29 is 9.84 Å². The average Bonchev–Trinajstić information content (AvgIpc) is 2.26. The fourth-order valence-electron chi connectivity index (χ4n) is 1.79. The predicted molar refractivity (Wildman–Crippen MR) is 56.1 cm³/mol. The maximum atomic E-state index is 9.36. The zero-order chi connectivity index (χ0) is 10.4. The molecule has 0 bridgehead atoms. The van der Waals surface area contributed by atoms with Crippen molar-refractivity contribution in [2.24, 2.45) is 5.73 Å². The van der Waals surface area contributed by atoms with E-state index in [1.165, 1.54) is 0 Å². The van der Waals surface area contributed by atoms with Gasteiger partial charge in [0.25, 0.3) is 0 Å². The molecule has 1 rings (SSSR count). The lowest BCUT2D eigenvalue weighted by molar-refractivity contribution is -0.0138. The molecule has 0 aliphatic carbocycles. The van der Waals surface area contributed by atoms with Crippen molar-refractivity contribution >= 4 is 0 Å². The van der Waals surface area contributed by atoms with Crippen LogP contribution in [0, 0.1) is 0 Å². The highest BCUT2D eigenvalue weighted by Gasteiger charge is 2.21. The zero-order valence-corrected chi connectivity index (χ0v) is 8.98. The van der Waals surface area contributed by atoms with Gasteiger partial charge in [0.1, 0.15) is 0 Å². The summed E-state index contributed by atoms with van der Waals surface area (Å²) in [7, 11) is 0. The Morgan fingerprint density at radius 1 is 1.64 bits per heavy atom. The fraction of sp³-hybridized carbons (Fsp3) is 1.00. The zero-order valence-electron chi connectivity index (χ0n) is 8.98. The van der Waals surface area contributed by atoms with Gasteiger partial charge in [-0.2, -0.15) is 0 Å². The maximum absolute atomic E-state index is 9.36. The van der Waals surface area contributed by atoms with Crippen molar-refractivity contribution in [3.63, 3.8) is 0 Å². The third-order valence-corrected chi connectivity index (χ3v) is 2.84. The van der Waals surface area contributed by atoms with E-state index in [-0.39, 0.29) is 6.10 Å². The molecule has 4 nitrogen and oxygen atoms in total. The SMILES string of the molecule is CCC1COCCN1CCC(O)CN. The maximum Gasteiger partial charge on any atom is 0.0674 e. The highest BCUT2D eigenvalue weighted by molar-refractivity contribution is 4.74. The minimum absolute atomic E-state index is 0.352. The van der Waals surface area contributed by atoms with E-state index in [4.69, 9.17) is 10.5 Å². The number of aliphatic hydroxyl groups is 1. The van der Waals surface area contributed by atoms with Gasteiger partial charge in [-0.1, -0.05) is 6.92 Å². The monoisotopic (exact) mass is 202 g/mol. The Labute approximate surface area is 86.0 Å². The molecule has 0 spiro atoms. The number of rotatable bonds is 5. The van der Waals surface area contributed by atoms with Gasteiger partial charge in [-0.3, -0.25) is 4.90 Å². The lowest BCUT2D eigenvalue weighted by Gasteiger charge is -2.35. The van der Waals surface area contributed by atoms with E-state index < -0.39 is 0 Å². The molecule has 1 fully saturated rings. The molecule has 1 aliphatic heterocycles. The molecule has 84 valence electrons. The lowest BCUT2D eigenvalue weighted by atomic mass is 10.1. The Balaban J connectivity index is 2.26. The molecule has 1 saturated heterocycles. The highest BCUT2D eigenvalue weighted by Crippen LogP contribution is 2.10. The molecule has 0 aromatic carbocycles. The van der Waals surface area contributed by atoms with Gasteiger partial charge in [0.2, 0.25) is 0 Å². The van der Waals surface area contributed by atoms with Crippen LogP contribution in [0.2, 0.25) is 0 Å². The third-order valence-electron chi connectivity index (χ3n) is 2.84. The standard InChI is InChI=1S/C10H22N2O2/c1-2-9-8-14-6-5-12(9)4-3-10(13)7-11/h9-10,13H,2-8,11H2,1H3. The number of morpholine rings is 1. The fourth-order valence-corrected chi connectivity index (χ4v) is 1.79. The number of hydrogen-bond donors (Lipinski definition) is 2. The van der Waals surface area contributed by atoms with Crippen molar-refractivity contribution in [3.8, 4) is 0 Å². The minimum Gasteiger partial charge on any atom is -0.392 e. The van der Waals surface area contributed by atoms with Crippen LogP contribution in [0.3, 0.4) is 0 Å². The molecule has 2 unspecified atom stereocenters. The summed E-state index contributed by atoms with van der Waals surface area (Å²) in [4.78, 5) is 2.39. The minimum atomic E-state index is -0.352. The Kier molecular flexibility index (Phi) is 5.40. The normalized spacial score (nSPS) is 26.4. The van der Waals surface area contributed by atoms with Crippen LogP contribution in [0.15, 0.2) is 0 Å². The molecule has 0 aromatic heterocycles. The van der Waals surface area contributed by atoms with Crippen LogP contribution in [0.1, 0.15) is 19.8 Å². The van der Waals surface area contributed by atoms with E-state index in [9.17, 15) is 5.11 Å². The number of nitrogens with two attached hydrogens (primary N) is 1. The molecule has 1 aliphatic rings. The van der Waals surface area contributed by atoms with Gasteiger partial charge in [0, 0.05) is 25.7 Å². The van der Waals surface area contributed by atoms with E-state index in [0.717, 1.165) is 39.1 Å². The van der Waals surface area contributed by atoms with Crippen LogP contribution in [-0.4, -0.2) is 55.0 Å². The number of hydrogen-bond acceptors (Lipinski definition) is 4. The Bertz CT molecular complexity index is 155. The number of aliphatic hydroxyl groups excluding tert-OH is 1. The molecule has 0 radical (unpaired) electrons. The lowest BCUT2D eigenvalue weighted by Crippen LogP contribution is -2.46. The van der Waals surface area contributed by atoms with Gasteiger partial charge >= 0.3 is 0 Å². The van der Waals surface area contributed by atoms with Gasteiger partial charge < -0.3 is 15.6 Å². The smallest absolute Gasteiger partial charge is 0.0674 e. The molecule has 0 aromatic rings. The van der Waals surface area contributed by atoms with E-state index in [2.05, 4.69) is 11.8 Å². The van der Waals surface area contributed by atoms with E-state index in [1.807, 2.05) is 0 Å². The summed E-state index contributed by atoms with van der Waals surface area (Å²) in [6, 6.07) is 0.522. The molecular formula is C10H22N2O2. The van der Waals surface area contributed by atoms with Crippen LogP contribution in [0.25, 0.3) is 0 Å². The van der Waals surface area contributed by atoms with Crippen molar-refractivity contribution in [3.05, 3.63) is 0 Å². The number of nitrogens with zero attached hydrogens (tertiary/aromatic N) is 1. The van der Waals surface area contributed by atoms with Crippen LogP contribution in [0.4, 0.5) is 0 Å². The summed E-state index contributed by atoms with van der Waals surface area (Å²) in [5.41, 5.74) is 5.36. The van der Waals surface area contributed by atoms with E-state index in [1.54, 1.807) is 0 Å². The second-order valence-corrected chi connectivity index (χ2v) is 3.85. The Morgan fingerprint density at radius 2 is 2.43 bits per heavy atom. The van der Waals surface area contributed by atoms with E-state index in [0.29, 0.717) is 12.6 Å². The first-order valence-corrected chi connectivity index (χ1v) is 5.47. The van der Waals surface area contributed by atoms with Gasteiger partial charge in [0.15, 0.2) is 0 Å². The van der Waals surface area contributed by atoms with Crippen LogP contribution in [-0.2, 0) is 4.74 Å². The van der Waals surface area contributed by atoms with Crippen molar-refractivity contribution in [2.75, 3.05) is 32.8 Å². The van der Waals surface area contributed by atoms with Crippen LogP contribution < -0.4 is 5.73 Å². The van der Waals surface area contributed by atoms with Gasteiger partial charge in [-0.25, -0.2) is 0 Å². The Hall–Kier alpha value is -0.160. The van der Waals surface area contributed by atoms with Gasteiger partial charge in [0.05, 0.1) is 19.3 Å². The average molecular weight is 202 g/mol. The van der Waals surface area contributed by atoms with Crippen molar-refractivity contribution in [2.45, 2.75) is 31.9 Å². The summed E-state index contributed by atoms with van der Waals surface area (Å²) >= 11 is 0. The summed E-state index contributed by atoms with van der Waals surface area (Å²) < 4.78 is 5.41. The first-order chi connectivity index (χ1) is 6.77. The third kappa shape index (κ3) is 3.53. The highest BCUT2D eigenvalue weighted by atomic mass is 16.5. The first kappa shape index (κ1) is 11.9. The van der Waals surface area contributed by atoms with Gasteiger partial charge in [-0.05, 0) is 12.8 Å². The quantitative estimate of drug-likeness (QED) is 0.648. The largest absolute Gasteiger partial charge is 0.392 e. The van der Waals surface area contributed by atoms with Crippen molar-refractivity contribution in [1.29, 1.82) is 0 Å². The summed E-state index contributed by atoms with van der Waals surface area (Å²) in [6.45, 7) is 6.09. The predicted octanol–water partition coefficient (Wildman–Crippen LogP) is -0.193. The second-order valence-electron chi connectivity index (χ2n) is 3.85. The van der Waals surface area contributed by atoms with Crippen molar-refractivity contribution in [1.82, 2.24) is 4.90 Å². The summed E-state index contributed by atoms with van der Waals surface area (Å²) in [5.74, 6) is 0. The topological polar surface area (TPSA) is 58.7 Å². The number of ether oxygens (including phenoxy) is 1. The molecule has 1 heterocycles. The molecule has 0 saturated carbocycles. The molecular weight excluding hydrogens is 180 g/mol. The summed E-state index contributed by atoms with van der Waals surface area (Å²) in [6.07, 6.45) is 1.53.